The molecule has 0 atom stereocenters. The minimum Gasteiger partial charge on any atom is -0.444 e. The molecule has 0 saturated heterocycles. The summed E-state index contributed by atoms with van der Waals surface area (Å²) in [5, 5.41) is 8.40. The maximum absolute atomic E-state index is 13.7. The molecule has 2 fully saturated rings. The largest absolute Gasteiger partial charge is 0.444 e. The van der Waals surface area contributed by atoms with Gasteiger partial charge in [-0.15, -0.1) is 0 Å². The number of pyridine rings is 2. The Hall–Kier alpha value is -3.75. The lowest BCUT2D eigenvalue weighted by Gasteiger charge is -2.30. The molecule has 37 heavy (non-hydrogen) atoms. The Balaban J connectivity index is 1.31. The second-order valence-corrected chi connectivity index (χ2v) is 11.8. The first kappa shape index (κ1) is 23.6. The molecule has 2 saturated carbocycles. The molecule has 1 amide bonds. The number of ether oxygens (including phenoxy) is 1. The SMILES string of the molecule is Cc1cn2nc(-c3ccc4c(=O)n(C56CCC(NC(=O)OC(C)(C)C)(CC5)C6)ccc4n3)cc(C)c2n1. The maximum atomic E-state index is 13.7. The molecule has 0 radical (unpaired) electrons. The van der Waals surface area contributed by atoms with Gasteiger partial charge in [-0.1, -0.05) is 0 Å². The van der Waals surface area contributed by atoms with E-state index < -0.39 is 5.60 Å². The molecule has 0 spiro atoms. The first-order chi connectivity index (χ1) is 17.5. The van der Waals surface area contributed by atoms with Crippen LogP contribution in [0.5, 0.6) is 0 Å². The third-order valence-corrected chi connectivity index (χ3v) is 7.83. The predicted molar refractivity (Wildman–Crippen MR) is 141 cm³/mol. The van der Waals surface area contributed by atoms with Crippen molar-refractivity contribution in [3.63, 3.8) is 0 Å². The number of alkyl carbamates (subject to hydrolysis) is 1. The summed E-state index contributed by atoms with van der Waals surface area (Å²) in [5.74, 6) is 0. The van der Waals surface area contributed by atoms with Crippen LogP contribution in [-0.4, -0.2) is 41.4 Å². The number of fused-ring (bicyclic) bond motifs is 4. The Morgan fingerprint density at radius 1 is 1.05 bits per heavy atom. The molecular weight excluding hydrogens is 468 g/mol. The van der Waals surface area contributed by atoms with E-state index in [4.69, 9.17) is 9.72 Å². The molecular formula is C28H32N6O3. The Labute approximate surface area is 214 Å². The van der Waals surface area contributed by atoms with Gasteiger partial charge in [0.2, 0.25) is 0 Å². The lowest BCUT2D eigenvalue weighted by atomic mass is 9.91. The van der Waals surface area contributed by atoms with Gasteiger partial charge < -0.3 is 14.6 Å². The average molecular weight is 501 g/mol. The van der Waals surface area contributed by atoms with E-state index in [1.165, 1.54) is 0 Å². The fraction of sp³-hybridized carbons (Fsp3) is 0.464. The number of carbonyl (C=O) groups is 1. The van der Waals surface area contributed by atoms with E-state index in [1.807, 2.05) is 75.8 Å². The monoisotopic (exact) mass is 500 g/mol. The molecule has 4 heterocycles. The standard InChI is InChI=1S/C28H32N6O3/c1-17-14-22(32-34-15-18(2)29-23(17)34)21-7-6-19-20(30-21)8-13-33(24(19)35)28-11-9-27(16-28,10-12-28)31-25(36)37-26(3,4)5/h6-8,13-15H,9-12,16H2,1-5H3,(H,31,36). The third-order valence-electron chi connectivity index (χ3n) is 7.83. The summed E-state index contributed by atoms with van der Waals surface area (Å²) < 4.78 is 9.17. The number of aromatic nitrogens is 5. The van der Waals surface area contributed by atoms with Crippen LogP contribution in [0.25, 0.3) is 27.9 Å². The molecule has 1 N–H and O–H groups in total. The Kier molecular flexibility index (Phi) is 5.03. The minimum atomic E-state index is -0.548. The molecule has 4 aromatic heterocycles. The zero-order chi connectivity index (χ0) is 26.2. The fourth-order valence-electron chi connectivity index (χ4n) is 6.20. The lowest BCUT2D eigenvalue weighted by molar-refractivity contribution is 0.0458. The topological polar surface area (TPSA) is 103 Å². The number of hydrogen-bond donors (Lipinski definition) is 1. The minimum absolute atomic E-state index is 0.0451. The van der Waals surface area contributed by atoms with Crippen molar-refractivity contribution < 1.29 is 9.53 Å². The number of carbonyl (C=O) groups excluding carboxylic acids is 1. The maximum Gasteiger partial charge on any atom is 0.408 e. The first-order valence-electron chi connectivity index (χ1n) is 12.8. The third kappa shape index (κ3) is 3.97. The molecule has 2 bridgehead atoms. The van der Waals surface area contributed by atoms with Crippen molar-refractivity contribution in [2.45, 2.75) is 83.4 Å². The van der Waals surface area contributed by atoms with E-state index in [0.29, 0.717) is 16.6 Å². The lowest BCUT2D eigenvalue weighted by Crippen LogP contribution is -2.47. The molecule has 0 aliphatic heterocycles. The summed E-state index contributed by atoms with van der Waals surface area (Å²) in [5.41, 5.74) is 3.61. The summed E-state index contributed by atoms with van der Waals surface area (Å²) in [6.45, 7) is 9.53. The number of hydrogen-bond acceptors (Lipinski definition) is 6. The van der Waals surface area contributed by atoms with Crippen LogP contribution >= 0.6 is 0 Å². The molecule has 2 aliphatic rings. The smallest absolute Gasteiger partial charge is 0.408 e. The Morgan fingerprint density at radius 2 is 1.81 bits per heavy atom. The van der Waals surface area contributed by atoms with Crippen LogP contribution in [0.2, 0.25) is 0 Å². The summed E-state index contributed by atoms with van der Waals surface area (Å²) in [6.07, 6.45) is 7.44. The zero-order valence-corrected chi connectivity index (χ0v) is 22.0. The molecule has 9 heteroatoms. The molecule has 6 rings (SSSR count). The predicted octanol–water partition coefficient (Wildman–Crippen LogP) is 4.66. The molecule has 0 aromatic carbocycles. The van der Waals surface area contributed by atoms with E-state index in [2.05, 4.69) is 15.4 Å². The van der Waals surface area contributed by atoms with Crippen LogP contribution in [0.15, 0.2) is 41.5 Å². The van der Waals surface area contributed by atoms with Crippen molar-refractivity contribution in [1.82, 2.24) is 29.5 Å². The van der Waals surface area contributed by atoms with Crippen LogP contribution in [0.3, 0.4) is 0 Å². The number of nitrogens with zero attached hydrogens (tertiary/aromatic N) is 5. The van der Waals surface area contributed by atoms with Gasteiger partial charge in [0.25, 0.3) is 5.56 Å². The quantitative estimate of drug-likeness (QED) is 0.439. The van der Waals surface area contributed by atoms with Crippen molar-refractivity contribution in [1.29, 1.82) is 0 Å². The first-order valence-corrected chi connectivity index (χ1v) is 12.8. The van der Waals surface area contributed by atoms with E-state index in [1.54, 1.807) is 4.52 Å². The van der Waals surface area contributed by atoms with Gasteiger partial charge in [0.05, 0.1) is 28.5 Å². The highest BCUT2D eigenvalue weighted by atomic mass is 16.6. The van der Waals surface area contributed by atoms with Gasteiger partial charge in [0.15, 0.2) is 5.65 Å². The van der Waals surface area contributed by atoms with E-state index in [9.17, 15) is 9.59 Å². The second kappa shape index (κ2) is 7.87. The van der Waals surface area contributed by atoms with E-state index in [-0.39, 0.29) is 22.7 Å². The highest BCUT2D eigenvalue weighted by Gasteiger charge is 2.56. The van der Waals surface area contributed by atoms with Crippen LogP contribution < -0.4 is 10.9 Å². The molecule has 9 nitrogen and oxygen atoms in total. The summed E-state index contributed by atoms with van der Waals surface area (Å²) in [4.78, 5) is 35.5. The number of nitrogens with one attached hydrogen (secondary N) is 1. The number of amides is 1. The molecule has 0 unspecified atom stereocenters. The van der Waals surface area contributed by atoms with Crippen molar-refractivity contribution in [2.24, 2.45) is 0 Å². The van der Waals surface area contributed by atoms with Gasteiger partial charge in [-0.05, 0) is 96.6 Å². The van der Waals surface area contributed by atoms with Crippen molar-refractivity contribution in [2.75, 3.05) is 0 Å². The van der Waals surface area contributed by atoms with Gasteiger partial charge in [-0.25, -0.2) is 19.3 Å². The normalized spacial score (nSPS) is 23.2. The van der Waals surface area contributed by atoms with Crippen molar-refractivity contribution in [3.05, 3.63) is 58.3 Å². The van der Waals surface area contributed by atoms with Crippen molar-refractivity contribution in [3.8, 4) is 11.4 Å². The Morgan fingerprint density at radius 3 is 2.54 bits per heavy atom. The number of aryl methyl sites for hydroxylation is 2. The van der Waals surface area contributed by atoms with Gasteiger partial charge in [-0.2, -0.15) is 5.10 Å². The van der Waals surface area contributed by atoms with Crippen LogP contribution in [-0.2, 0) is 10.3 Å². The van der Waals surface area contributed by atoms with Crippen LogP contribution in [0, 0.1) is 13.8 Å². The fourth-order valence-corrected chi connectivity index (χ4v) is 6.20. The van der Waals surface area contributed by atoms with Gasteiger partial charge in [0, 0.05) is 17.3 Å². The highest BCUT2D eigenvalue weighted by Crippen LogP contribution is 2.54. The van der Waals surface area contributed by atoms with Gasteiger partial charge >= 0.3 is 6.09 Å². The highest BCUT2D eigenvalue weighted by molar-refractivity contribution is 5.80. The van der Waals surface area contributed by atoms with Crippen molar-refractivity contribution >= 4 is 22.6 Å². The summed E-state index contributed by atoms with van der Waals surface area (Å²) >= 11 is 0. The number of rotatable bonds is 3. The summed E-state index contributed by atoms with van der Waals surface area (Å²) in [7, 11) is 0. The Bertz CT molecular complexity index is 1620. The molecule has 2 aliphatic carbocycles. The van der Waals surface area contributed by atoms with E-state index >= 15 is 0 Å². The molecule has 4 aromatic rings. The van der Waals surface area contributed by atoms with Gasteiger partial charge in [-0.3, -0.25) is 4.79 Å². The zero-order valence-electron chi connectivity index (χ0n) is 22.0. The second-order valence-electron chi connectivity index (χ2n) is 11.8. The number of imidazole rings is 1. The van der Waals surface area contributed by atoms with Crippen LogP contribution in [0.4, 0.5) is 4.79 Å². The van der Waals surface area contributed by atoms with E-state index in [0.717, 1.165) is 54.7 Å². The average Bonchev–Trinajstić information content (AvgIpc) is 3.49. The van der Waals surface area contributed by atoms with Gasteiger partial charge in [0.1, 0.15) is 11.3 Å². The molecule has 192 valence electrons. The summed E-state index contributed by atoms with van der Waals surface area (Å²) in [6, 6.07) is 7.61. The van der Waals surface area contributed by atoms with Crippen LogP contribution in [0.1, 0.15) is 64.1 Å².